The third-order valence-corrected chi connectivity index (χ3v) is 5.83. The molecule has 2 aromatic heterocycles. The number of ether oxygens (including phenoxy) is 2. The Morgan fingerprint density at radius 2 is 2.24 bits per heavy atom. The SMILES string of the molecule is O=c1[nH]c(SCc2c(OC3COC3)ncn2C2CC2)nc2c1CCC2. The van der Waals surface area contributed by atoms with Crippen LogP contribution in [0.25, 0.3) is 0 Å². The Bertz CT molecular complexity index is 854. The van der Waals surface area contributed by atoms with Gasteiger partial charge in [0.05, 0.1) is 30.9 Å². The summed E-state index contributed by atoms with van der Waals surface area (Å²) < 4.78 is 13.4. The zero-order valence-corrected chi connectivity index (χ0v) is 14.7. The third kappa shape index (κ3) is 2.97. The molecule has 7 nitrogen and oxygen atoms in total. The van der Waals surface area contributed by atoms with Gasteiger partial charge in [0.15, 0.2) is 5.16 Å². The molecule has 1 N–H and O–H groups in total. The second-order valence-corrected chi connectivity index (χ2v) is 7.81. The van der Waals surface area contributed by atoms with Gasteiger partial charge in [0.2, 0.25) is 5.88 Å². The van der Waals surface area contributed by atoms with Gasteiger partial charge in [-0.2, -0.15) is 0 Å². The van der Waals surface area contributed by atoms with E-state index in [0.29, 0.717) is 36.0 Å². The van der Waals surface area contributed by atoms with Crippen molar-refractivity contribution >= 4 is 11.8 Å². The molecule has 0 aromatic carbocycles. The Balaban J connectivity index is 1.37. The minimum Gasteiger partial charge on any atom is -0.468 e. The van der Waals surface area contributed by atoms with Crippen molar-refractivity contribution in [3.05, 3.63) is 33.6 Å². The molecular formula is C17H20N4O3S. The van der Waals surface area contributed by atoms with Crippen LogP contribution in [0.3, 0.4) is 0 Å². The second-order valence-electron chi connectivity index (χ2n) is 6.85. The fourth-order valence-corrected chi connectivity index (χ4v) is 4.22. The van der Waals surface area contributed by atoms with Gasteiger partial charge in [-0.3, -0.25) is 4.79 Å². The van der Waals surface area contributed by atoms with E-state index in [2.05, 4.69) is 19.5 Å². The standard InChI is InChI=1S/C17H20N4O3S/c22-15-12-2-1-3-13(12)19-17(20-15)25-8-14-16(24-11-6-23-7-11)18-9-21(14)10-4-5-10/h9-11H,1-8H2,(H,19,20,22). The number of H-pyrrole nitrogens is 1. The van der Waals surface area contributed by atoms with E-state index in [0.717, 1.165) is 36.2 Å². The van der Waals surface area contributed by atoms with Crippen molar-refractivity contribution in [2.45, 2.75) is 55.2 Å². The molecule has 0 radical (unpaired) electrons. The summed E-state index contributed by atoms with van der Waals surface area (Å²) in [5.74, 6) is 1.37. The summed E-state index contributed by atoms with van der Waals surface area (Å²) >= 11 is 1.55. The molecule has 25 heavy (non-hydrogen) atoms. The molecular weight excluding hydrogens is 340 g/mol. The lowest BCUT2D eigenvalue weighted by atomic mass is 10.3. The number of aryl methyl sites for hydroxylation is 1. The minimum absolute atomic E-state index is 0.0174. The highest BCUT2D eigenvalue weighted by atomic mass is 32.2. The molecule has 0 bridgehead atoms. The highest BCUT2D eigenvalue weighted by Gasteiger charge is 2.30. The average Bonchev–Trinajstić information content (AvgIpc) is 3.15. The maximum absolute atomic E-state index is 12.2. The van der Waals surface area contributed by atoms with Gasteiger partial charge in [0, 0.05) is 17.4 Å². The van der Waals surface area contributed by atoms with Crippen LogP contribution in [0, 0.1) is 0 Å². The van der Waals surface area contributed by atoms with Crippen LogP contribution in [0.4, 0.5) is 0 Å². The Morgan fingerprint density at radius 1 is 1.36 bits per heavy atom. The molecule has 0 spiro atoms. The molecule has 2 aromatic rings. The fourth-order valence-electron chi connectivity index (χ4n) is 3.34. The second kappa shape index (κ2) is 6.17. The molecule has 132 valence electrons. The molecule has 2 fully saturated rings. The van der Waals surface area contributed by atoms with E-state index in [4.69, 9.17) is 9.47 Å². The van der Waals surface area contributed by atoms with E-state index in [1.54, 1.807) is 11.8 Å². The lowest BCUT2D eigenvalue weighted by Gasteiger charge is -2.26. The quantitative estimate of drug-likeness (QED) is 0.625. The van der Waals surface area contributed by atoms with Gasteiger partial charge in [-0.05, 0) is 32.1 Å². The molecule has 1 saturated carbocycles. The Labute approximate surface area is 149 Å². The molecule has 5 rings (SSSR count). The minimum atomic E-state index is 0.0174. The first-order valence-corrected chi connectivity index (χ1v) is 9.81. The number of thioether (sulfide) groups is 1. The first kappa shape index (κ1) is 15.5. The van der Waals surface area contributed by atoms with Crippen LogP contribution in [-0.4, -0.2) is 38.8 Å². The van der Waals surface area contributed by atoms with Crippen LogP contribution in [0.5, 0.6) is 5.88 Å². The van der Waals surface area contributed by atoms with Gasteiger partial charge >= 0.3 is 0 Å². The Hall–Kier alpha value is -1.80. The number of aromatic amines is 1. The van der Waals surface area contributed by atoms with Crippen molar-refractivity contribution in [1.29, 1.82) is 0 Å². The molecule has 0 amide bonds. The van der Waals surface area contributed by atoms with E-state index in [9.17, 15) is 4.79 Å². The van der Waals surface area contributed by atoms with E-state index >= 15 is 0 Å². The average molecular weight is 360 g/mol. The van der Waals surface area contributed by atoms with Crippen molar-refractivity contribution in [2.75, 3.05) is 13.2 Å². The van der Waals surface area contributed by atoms with Crippen LogP contribution >= 0.6 is 11.8 Å². The highest BCUT2D eigenvalue weighted by Crippen LogP contribution is 2.39. The summed E-state index contributed by atoms with van der Waals surface area (Å²) in [6.45, 7) is 1.26. The monoisotopic (exact) mass is 360 g/mol. The maximum Gasteiger partial charge on any atom is 0.254 e. The van der Waals surface area contributed by atoms with Crippen molar-refractivity contribution in [1.82, 2.24) is 19.5 Å². The predicted molar refractivity (Wildman–Crippen MR) is 92.2 cm³/mol. The first-order chi connectivity index (χ1) is 12.3. The number of imidazole rings is 1. The molecule has 0 unspecified atom stereocenters. The summed E-state index contributed by atoms with van der Waals surface area (Å²) in [7, 11) is 0. The molecule has 1 saturated heterocycles. The van der Waals surface area contributed by atoms with Gasteiger partial charge in [0.1, 0.15) is 6.10 Å². The number of nitrogens with one attached hydrogen (secondary N) is 1. The topological polar surface area (TPSA) is 82.0 Å². The van der Waals surface area contributed by atoms with E-state index < -0.39 is 0 Å². The van der Waals surface area contributed by atoms with Crippen LogP contribution in [-0.2, 0) is 23.3 Å². The molecule has 8 heteroatoms. The lowest BCUT2D eigenvalue weighted by molar-refractivity contribution is -0.0815. The summed E-state index contributed by atoms with van der Waals surface area (Å²) in [5, 5.41) is 0.687. The highest BCUT2D eigenvalue weighted by molar-refractivity contribution is 7.98. The van der Waals surface area contributed by atoms with Crippen molar-refractivity contribution in [3.63, 3.8) is 0 Å². The largest absolute Gasteiger partial charge is 0.468 e. The smallest absolute Gasteiger partial charge is 0.254 e. The first-order valence-electron chi connectivity index (χ1n) is 8.83. The predicted octanol–water partition coefficient (Wildman–Crippen LogP) is 1.86. The van der Waals surface area contributed by atoms with E-state index in [1.807, 2.05) is 6.33 Å². The van der Waals surface area contributed by atoms with Crippen molar-refractivity contribution in [2.24, 2.45) is 0 Å². The summed E-state index contributed by atoms with van der Waals surface area (Å²) in [5.41, 5.74) is 2.91. The number of aromatic nitrogens is 4. The van der Waals surface area contributed by atoms with Crippen LogP contribution in [0.2, 0.25) is 0 Å². The molecule has 2 aliphatic carbocycles. The number of hydrogen-bond donors (Lipinski definition) is 1. The fraction of sp³-hybridized carbons (Fsp3) is 0.588. The van der Waals surface area contributed by atoms with Gasteiger partial charge in [-0.25, -0.2) is 9.97 Å². The van der Waals surface area contributed by atoms with Gasteiger partial charge in [0.25, 0.3) is 5.56 Å². The summed E-state index contributed by atoms with van der Waals surface area (Å²) in [6.07, 6.45) is 7.13. The number of rotatable bonds is 6. The molecule has 1 aliphatic heterocycles. The normalized spacial score (nSPS) is 19.7. The maximum atomic E-state index is 12.2. The summed E-state index contributed by atoms with van der Waals surface area (Å²) in [6, 6.07) is 0.533. The number of nitrogens with zero attached hydrogens (tertiary/aromatic N) is 3. The van der Waals surface area contributed by atoms with Crippen LogP contribution in [0.1, 0.15) is 42.3 Å². The van der Waals surface area contributed by atoms with Crippen LogP contribution < -0.4 is 10.3 Å². The summed E-state index contributed by atoms with van der Waals surface area (Å²) in [4.78, 5) is 24.2. The van der Waals surface area contributed by atoms with Gasteiger partial charge < -0.3 is 19.0 Å². The van der Waals surface area contributed by atoms with Crippen LogP contribution in [0.15, 0.2) is 16.3 Å². The molecule has 3 aliphatic rings. The van der Waals surface area contributed by atoms with E-state index in [-0.39, 0.29) is 11.7 Å². The Kier molecular flexibility index (Phi) is 3.82. The van der Waals surface area contributed by atoms with Gasteiger partial charge in [-0.1, -0.05) is 11.8 Å². The third-order valence-electron chi connectivity index (χ3n) is 4.95. The lowest BCUT2D eigenvalue weighted by Crippen LogP contribution is -2.38. The van der Waals surface area contributed by atoms with Crippen molar-refractivity contribution in [3.8, 4) is 5.88 Å². The Morgan fingerprint density at radius 3 is 3.00 bits per heavy atom. The molecule has 3 heterocycles. The van der Waals surface area contributed by atoms with E-state index in [1.165, 1.54) is 12.8 Å². The number of fused-ring (bicyclic) bond motifs is 1. The zero-order valence-electron chi connectivity index (χ0n) is 13.9. The van der Waals surface area contributed by atoms with Crippen molar-refractivity contribution < 1.29 is 9.47 Å². The molecule has 0 atom stereocenters. The van der Waals surface area contributed by atoms with Gasteiger partial charge in [-0.15, -0.1) is 0 Å². The number of hydrogen-bond acceptors (Lipinski definition) is 6. The zero-order chi connectivity index (χ0) is 16.8.